The van der Waals surface area contributed by atoms with Gasteiger partial charge in [-0.25, -0.2) is 4.79 Å². The second-order valence-electron chi connectivity index (χ2n) is 7.27. The molecule has 0 amide bonds. The van der Waals surface area contributed by atoms with E-state index in [1.54, 1.807) is 43.5 Å². The lowest BCUT2D eigenvalue weighted by molar-refractivity contribution is 0.0734. The number of hydrogen-bond donors (Lipinski definition) is 1. The molecule has 0 saturated heterocycles. The SMILES string of the molecule is COc1ccc(Br)cc1C1C(C#N)=C(N)Oc2cc(OC(=O)c3cccc(C)c3)ccc21. The van der Waals surface area contributed by atoms with Gasteiger partial charge in [-0.2, -0.15) is 5.26 Å². The van der Waals surface area contributed by atoms with Crippen molar-refractivity contribution in [3.05, 3.63) is 98.8 Å². The first-order valence-corrected chi connectivity index (χ1v) is 10.5. The molecule has 4 rings (SSSR count). The first kappa shape index (κ1) is 21.5. The molecule has 6 nitrogen and oxygen atoms in total. The zero-order valence-electron chi connectivity index (χ0n) is 17.4. The van der Waals surface area contributed by atoms with Gasteiger partial charge < -0.3 is 19.9 Å². The molecular formula is C25H19BrN2O4. The molecule has 3 aromatic carbocycles. The standard InChI is InChI=1S/C25H19BrN2O4/c1-14-4-3-5-15(10-14)25(29)31-17-7-8-18-22(12-17)32-24(28)20(13-27)23(18)19-11-16(26)6-9-21(19)30-2/h3-12,23H,28H2,1-2H3. The minimum atomic E-state index is -0.502. The van der Waals surface area contributed by atoms with Gasteiger partial charge in [0.15, 0.2) is 0 Å². The number of carbonyl (C=O) groups excluding carboxylic acids is 1. The van der Waals surface area contributed by atoms with Crippen LogP contribution in [-0.2, 0) is 0 Å². The van der Waals surface area contributed by atoms with Crippen LogP contribution in [0.4, 0.5) is 0 Å². The molecule has 32 heavy (non-hydrogen) atoms. The molecule has 0 aromatic heterocycles. The monoisotopic (exact) mass is 490 g/mol. The lowest BCUT2D eigenvalue weighted by Crippen LogP contribution is -2.21. The summed E-state index contributed by atoms with van der Waals surface area (Å²) in [5, 5.41) is 9.78. The quantitative estimate of drug-likeness (QED) is 0.398. The van der Waals surface area contributed by atoms with Crippen molar-refractivity contribution in [1.82, 2.24) is 0 Å². The number of aryl methyl sites for hydroxylation is 1. The fraction of sp³-hybridized carbons (Fsp3) is 0.120. The highest BCUT2D eigenvalue weighted by molar-refractivity contribution is 9.10. The molecule has 160 valence electrons. The van der Waals surface area contributed by atoms with Gasteiger partial charge in [0, 0.05) is 21.7 Å². The molecule has 3 aromatic rings. The number of esters is 1. The second-order valence-corrected chi connectivity index (χ2v) is 8.19. The summed E-state index contributed by atoms with van der Waals surface area (Å²) in [4.78, 5) is 12.5. The molecule has 0 bridgehead atoms. The second kappa shape index (κ2) is 8.77. The maximum Gasteiger partial charge on any atom is 0.343 e. The summed E-state index contributed by atoms with van der Waals surface area (Å²) in [6.07, 6.45) is 0. The van der Waals surface area contributed by atoms with E-state index in [9.17, 15) is 10.1 Å². The summed E-state index contributed by atoms with van der Waals surface area (Å²) in [5.41, 5.74) is 9.25. The summed E-state index contributed by atoms with van der Waals surface area (Å²) in [7, 11) is 1.57. The van der Waals surface area contributed by atoms with Gasteiger partial charge in [-0.05, 0) is 43.3 Å². The minimum absolute atomic E-state index is 0.00538. The number of nitrogens with zero attached hydrogens (tertiary/aromatic N) is 1. The number of hydrogen-bond acceptors (Lipinski definition) is 6. The van der Waals surface area contributed by atoms with Gasteiger partial charge in [0.2, 0.25) is 5.88 Å². The third-order valence-corrected chi connectivity index (χ3v) is 5.65. The van der Waals surface area contributed by atoms with E-state index in [1.165, 1.54) is 0 Å². The van der Waals surface area contributed by atoms with Crippen LogP contribution in [-0.4, -0.2) is 13.1 Å². The van der Waals surface area contributed by atoms with Gasteiger partial charge in [-0.15, -0.1) is 0 Å². The topological polar surface area (TPSA) is 94.6 Å². The van der Waals surface area contributed by atoms with Crippen LogP contribution in [0.3, 0.4) is 0 Å². The Balaban J connectivity index is 1.74. The van der Waals surface area contributed by atoms with Crippen molar-refractivity contribution in [2.24, 2.45) is 5.73 Å². The fourth-order valence-corrected chi connectivity index (χ4v) is 4.07. The van der Waals surface area contributed by atoms with E-state index >= 15 is 0 Å². The zero-order chi connectivity index (χ0) is 22.8. The number of carbonyl (C=O) groups is 1. The van der Waals surface area contributed by atoms with Crippen LogP contribution < -0.4 is 19.9 Å². The van der Waals surface area contributed by atoms with Crippen molar-refractivity contribution in [2.45, 2.75) is 12.8 Å². The summed E-state index contributed by atoms with van der Waals surface area (Å²) in [5.74, 6) is 0.343. The summed E-state index contributed by atoms with van der Waals surface area (Å²) in [6.45, 7) is 1.90. The fourth-order valence-electron chi connectivity index (χ4n) is 3.69. The molecule has 0 saturated carbocycles. The Hall–Kier alpha value is -3.76. The predicted molar refractivity (Wildman–Crippen MR) is 123 cm³/mol. The number of fused-ring (bicyclic) bond motifs is 1. The van der Waals surface area contributed by atoms with Crippen LogP contribution in [0.15, 0.2) is 76.6 Å². The van der Waals surface area contributed by atoms with Crippen LogP contribution in [0.5, 0.6) is 17.2 Å². The molecular weight excluding hydrogens is 472 g/mol. The smallest absolute Gasteiger partial charge is 0.343 e. The Kier molecular flexibility index (Phi) is 5.89. The van der Waals surface area contributed by atoms with Crippen molar-refractivity contribution in [3.63, 3.8) is 0 Å². The summed E-state index contributed by atoms with van der Waals surface area (Å²) >= 11 is 3.48. The predicted octanol–water partition coefficient (Wildman–Crippen LogP) is 5.20. The zero-order valence-corrected chi connectivity index (χ0v) is 19.0. The first-order chi connectivity index (χ1) is 15.4. The Morgan fingerprint density at radius 3 is 2.66 bits per heavy atom. The minimum Gasteiger partial charge on any atom is -0.496 e. The number of ether oxygens (including phenoxy) is 3. The van der Waals surface area contributed by atoms with Gasteiger partial charge in [0.05, 0.1) is 18.6 Å². The average molecular weight is 491 g/mol. The Morgan fingerprint density at radius 1 is 1.12 bits per heavy atom. The van der Waals surface area contributed by atoms with Crippen molar-refractivity contribution >= 4 is 21.9 Å². The maximum atomic E-state index is 12.5. The lowest BCUT2D eigenvalue weighted by atomic mass is 9.83. The van der Waals surface area contributed by atoms with Crippen LogP contribution >= 0.6 is 15.9 Å². The van der Waals surface area contributed by atoms with Gasteiger partial charge >= 0.3 is 5.97 Å². The van der Waals surface area contributed by atoms with E-state index in [2.05, 4.69) is 22.0 Å². The maximum absolute atomic E-state index is 12.5. The molecule has 0 spiro atoms. The van der Waals surface area contributed by atoms with Gasteiger partial charge in [0.25, 0.3) is 0 Å². The normalized spacial score (nSPS) is 14.8. The molecule has 0 fully saturated rings. The molecule has 1 aliphatic rings. The molecule has 7 heteroatoms. The van der Waals surface area contributed by atoms with E-state index in [-0.39, 0.29) is 11.5 Å². The van der Waals surface area contributed by atoms with E-state index in [0.29, 0.717) is 28.4 Å². The summed E-state index contributed by atoms with van der Waals surface area (Å²) in [6, 6.07) is 19.9. The van der Waals surface area contributed by atoms with Crippen LogP contribution in [0.25, 0.3) is 0 Å². The molecule has 1 unspecified atom stereocenters. The Morgan fingerprint density at radius 2 is 1.94 bits per heavy atom. The van der Waals surface area contributed by atoms with Crippen LogP contribution in [0.2, 0.25) is 0 Å². The first-order valence-electron chi connectivity index (χ1n) is 9.75. The van der Waals surface area contributed by atoms with Crippen molar-refractivity contribution in [3.8, 4) is 23.3 Å². The number of halogens is 1. The number of rotatable bonds is 4. The largest absolute Gasteiger partial charge is 0.496 e. The van der Waals surface area contributed by atoms with Gasteiger partial charge in [-0.3, -0.25) is 0 Å². The van der Waals surface area contributed by atoms with Gasteiger partial charge in [-0.1, -0.05) is 39.7 Å². The molecule has 1 atom stereocenters. The number of benzene rings is 3. The van der Waals surface area contributed by atoms with Crippen LogP contribution in [0.1, 0.15) is 33.0 Å². The third kappa shape index (κ3) is 4.05. The number of nitrogens with two attached hydrogens (primary N) is 1. The third-order valence-electron chi connectivity index (χ3n) is 5.16. The Bertz CT molecular complexity index is 1290. The molecule has 0 radical (unpaired) electrons. The van der Waals surface area contributed by atoms with E-state index in [4.69, 9.17) is 19.9 Å². The van der Waals surface area contributed by atoms with E-state index in [1.807, 2.05) is 31.2 Å². The van der Waals surface area contributed by atoms with E-state index in [0.717, 1.165) is 15.6 Å². The number of nitriles is 1. The van der Waals surface area contributed by atoms with Gasteiger partial charge in [0.1, 0.15) is 28.9 Å². The lowest BCUT2D eigenvalue weighted by Gasteiger charge is -2.27. The highest BCUT2D eigenvalue weighted by Gasteiger charge is 2.33. The number of allylic oxidation sites excluding steroid dienone is 1. The van der Waals surface area contributed by atoms with Crippen LogP contribution in [0, 0.1) is 18.3 Å². The molecule has 1 heterocycles. The van der Waals surface area contributed by atoms with Crippen molar-refractivity contribution < 1.29 is 19.0 Å². The van der Waals surface area contributed by atoms with Crippen molar-refractivity contribution in [1.29, 1.82) is 5.26 Å². The van der Waals surface area contributed by atoms with E-state index < -0.39 is 11.9 Å². The summed E-state index contributed by atoms with van der Waals surface area (Å²) < 4.78 is 17.6. The average Bonchev–Trinajstić information content (AvgIpc) is 2.78. The number of methoxy groups -OCH3 is 1. The molecule has 1 aliphatic heterocycles. The van der Waals surface area contributed by atoms with Crippen molar-refractivity contribution in [2.75, 3.05) is 7.11 Å². The molecule has 0 aliphatic carbocycles. The highest BCUT2D eigenvalue weighted by Crippen LogP contribution is 2.46. The highest BCUT2D eigenvalue weighted by atomic mass is 79.9. The molecule has 2 N–H and O–H groups in total. The Labute approximate surface area is 194 Å².